The molecule has 0 saturated carbocycles. The van der Waals surface area contributed by atoms with Gasteiger partial charge in [-0.1, -0.05) is 19.9 Å². The summed E-state index contributed by atoms with van der Waals surface area (Å²) < 4.78 is 16.2. The fraction of sp³-hybridized carbons (Fsp3) is 0.515. The predicted octanol–water partition coefficient (Wildman–Crippen LogP) is 6.99. The van der Waals surface area contributed by atoms with Crippen molar-refractivity contribution in [3.63, 3.8) is 0 Å². The van der Waals surface area contributed by atoms with E-state index in [4.69, 9.17) is 14.2 Å². The monoisotopic (exact) mass is 563 g/mol. The van der Waals surface area contributed by atoms with E-state index >= 15 is 0 Å². The van der Waals surface area contributed by atoms with Crippen molar-refractivity contribution in [1.29, 1.82) is 0 Å². The number of methoxy groups -OCH3 is 2. The molecule has 2 N–H and O–H groups in total. The number of rotatable bonds is 9. The van der Waals surface area contributed by atoms with Crippen LogP contribution in [0.5, 0.6) is 11.5 Å². The molecule has 8 nitrogen and oxygen atoms in total. The van der Waals surface area contributed by atoms with Crippen LogP contribution < -0.4 is 14.8 Å². The zero-order valence-corrected chi connectivity index (χ0v) is 25.6. The number of carbonyl (C=O) groups excluding carboxylic acids is 2. The van der Waals surface area contributed by atoms with Gasteiger partial charge in [-0.15, -0.1) is 0 Å². The summed E-state index contributed by atoms with van der Waals surface area (Å²) >= 11 is 0. The molecule has 2 aromatic carbocycles. The first-order valence-electron chi connectivity index (χ1n) is 14.6. The Morgan fingerprint density at radius 3 is 2.37 bits per heavy atom. The van der Waals surface area contributed by atoms with Gasteiger partial charge in [0.05, 0.1) is 19.9 Å². The lowest BCUT2D eigenvalue weighted by Gasteiger charge is -2.32. The Morgan fingerprint density at radius 2 is 1.73 bits per heavy atom. The van der Waals surface area contributed by atoms with Crippen LogP contribution in [0.4, 0.5) is 4.79 Å². The summed E-state index contributed by atoms with van der Waals surface area (Å²) in [6, 6.07) is 12.8. The third-order valence-electron chi connectivity index (χ3n) is 7.67. The van der Waals surface area contributed by atoms with Crippen LogP contribution in [0.1, 0.15) is 83.3 Å². The number of H-pyrrole nitrogens is 1. The first kappa shape index (κ1) is 30.3. The molecule has 0 spiro atoms. The third kappa shape index (κ3) is 7.34. The van der Waals surface area contributed by atoms with E-state index in [9.17, 15) is 9.59 Å². The number of hydrogen-bond acceptors (Lipinski definition) is 5. The zero-order valence-electron chi connectivity index (χ0n) is 25.6. The highest BCUT2D eigenvalue weighted by Crippen LogP contribution is 2.40. The van der Waals surface area contributed by atoms with Gasteiger partial charge >= 0.3 is 6.09 Å². The molecule has 2 heterocycles. The van der Waals surface area contributed by atoms with Crippen molar-refractivity contribution in [2.75, 3.05) is 33.9 Å². The first-order valence-corrected chi connectivity index (χ1v) is 14.6. The van der Waals surface area contributed by atoms with Gasteiger partial charge in [0.25, 0.3) is 0 Å². The lowest BCUT2D eigenvalue weighted by Crippen LogP contribution is -2.38. The number of benzene rings is 2. The Balaban J connectivity index is 1.40. The molecule has 0 unspecified atom stereocenters. The van der Waals surface area contributed by atoms with Crippen LogP contribution >= 0.6 is 0 Å². The molecule has 2 amide bonds. The number of hydrogen-bond donors (Lipinski definition) is 2. The first-order chi connectivity index (χ1) is 19.5. The molecular weight excluding hydrogens is 518 g/mol. The van der Waals surface area contributed by atoms with Crippen molar-refractivity contribution in [2.45, 2.75) is 77.7 Å². The molecule has 4 rings (SSSR count). The van der Waals surface area contributed by atoms with Gasteiger partial charge in [-0.2, -0.15) is 0 Å². The second-order valence-electron chi connectivity index (χ2n) is 12.1. The smallest absolute Gasteiger partial charge is 0.407 e. The van der Waals surface area contributed by atoms with E-state index in [0.717, 1.165) is 42.7 Å². The van der Waals surface area contributed by atoms with Crippen LogP contribution in [-0.2, 0) is 9.53 Å². The molecule has 1 aliphatic rings. The molecule has 1 saturated heterocycles. The lowest BCUT2D eigenvalue weighted by atomic mass is 9.87. The van der Waals surface area contributed by atoms with Crippen LogP contribution in [-0.4, -0.2) is 61.3 Å². The van der Waals surface area contributed by atoms with Gasteiger partial charge in [0.1, 0.15) is 5.60 Å². The molecule has 41 heavy (non-hydrogen) atoms. The quantitative estimate of drug-likeness (QED) is 0.274. The molecule has 0 atom stereocenters. The van der Waals surface area contributed by atoms with Gasteiger partial charge in [0.2, 0.25) is 5.91 Å². The summed E-state index contributed by atoms with van der Waals surface area (Å²) in [6.07, 6.45) is 2.46. The van der Waals surface area contributed by atoms with Crippen LogP contribution in [0, 0.1) is 0 Å². The molecular formula is C33H45N3O5. The van der Waals surface area contributed by atoms with Gasteiger partial charge in [0.15, 0.2) is 11.5 Å². The topological polar surface area (TPSA) is 92.9 Å². The Kier molecular flexibility index (Phi) is 9.51. The molecule has 0 bridgehead atoms. The molecule has 8 heteroatoms. The van der Waals surface area contributed by atoms with E-state index in [-0.39, 0.29) is 5.91 Å². The van der Waals surface area contributed by atoms with Crippen molar-refractivity contribution in [3.05, 3.63) is 47.5 Å². The third-order valence-corrected chi connectivity index (χ3v) is 7.67. The Morgan fingerprint density at radius 1 is 1.02 bits per heavy atom. The van der Waals surface area contributed by atoms with Crippen LogP contribution in [0.3, 0.4) is 0 Å². The maximum atomic E-state index is 12.8. The lowest BCUT2D eigenvalue weighted by molar-refractivity contribution is -0.132. The molecule has 0 radical (unpaired) electrons. The number of ether oxygens (including phenoxy) is 3. The van der Waals surface area contributed by atoms with E-state index in [1.165, 1.54) is 16.5 Å². The van der Waals surface area contributed by atoms with Gasteiger partial charge in [0, 0.05) is 42.5 Å². The van der Waals surface area contributed by atoms with Gasteiger partial charge in [-0.25, -0.2) is 4.79 Å². The predicted molar refractivity (Wildman–Crippen MR) is 163 cm³/mol. The average Bonchev–Trinajstić information content (AvgIpc) is 3.33. The molecule has 222 valence electrons. The molecule has 1 aromatic heterocycles. The second-order valence-corrected chi connectivity index (χ2v) is 12.1. The van der Waals surface area contributed by atoms with E-state index in [2.05, 4.69) is 48.4 Å². The standard InChI is InChI=1S/C33H45N3O5/c1-21(2)30-25-19-23(10-12-26(25)35-31(30)24-11-13-27(39-6)28(20-24)40-7)22-14-17-36(18-15-22)29(37)9-8-16-34-32(38)41-33(3,4)5/h10-13,19-22,35H,8-9,14-18H2,1-7H3,(H,34,38). The van der Waals surface area contributed by atoms with E-state index in [1.54, 1.807) is 14.2 Å². The number of nitrogens with one attached hydrogen (secondary N) is 2. The molecule has 0 aliphatic carbocycles. The van der Waals surface area contributed by atoms with Crippen molar-refractivity contribution in [2.24, 2.45) is 0 Å². The van der Waals surface area contributed by atoms with Crippen LogP contribution in [0.25, 0.3) is 22.2 Å². The number of nitrogens with zero attached hydrogens (tertiary/aromatic N) is 1. The zero-order chi connectivity index (χ0) is 29.7. The minimum absolute atomic E-state index is 0.150. The minimum atomic E-state index is -0.529. The highest BCUT2D eigenvalue weighted by Gasteiger charge is 2.25. The average molecular weight is 564 g/mol. The van der Waals surface area contributed by atoms with Crippen molar-refractivity contribution >= 4 is 22.9 Å². The maximum Gasteiger partial charge on any atom is 0.407 e. The molecule has 3 aromatic rings. The summed E-state index contributed by atoms with van der Waals surface area (Å²) in [7, 11) is 3.31. The van der Waals surface area contributed by atoms with E-state index in [1.807, 2.05) is 37.8 Å². The summed E-state index contributed by atoms with van der Waals surface area (Å²) in [5.74, 6) is 2.31. The summed E-state index contributed by atoms with van der Waals surface area (Å²) in [5.41, 5.74) is 5.38. The minimum Gasteiger partial charge on any atom is -0.493 e. The van der Waals surface area contributed by atoms with Crippen molar-refractivity contribution in [3.8, 4) is 22.8 Å². The Hall–Kier alpha value is -3.68. The van der Waals surface area contributed by atoms with Gasteiger partial charge in [-0.3, -0.25) is 4.79 Å². The largest absolute Gasteiger partial charge is 0.493 e. The highest BCUT2D eigenvalue weighted by atomic mass is 16.6. The summed E-state index contributed by atoms with van der Waals surface area (Å²) in [6.45, 7) is 11.9. The van der Waals surface area contributed by atoms with E-state index in [0.29, 0.717) is 42.7 Å². The maximum absolute atomic E-state index is 12.8. The molecule has 1 fully saturated rings. The molecule has 1 aliphatic heterocycles. The summed E-state index contributed by atoms with van der Waals surface area (Å²) in [4.78, 5) is 30.2. The van der Waals surface area contributed by atoms with Crippen molar-refractivity contribution < 1.29 is 23.8 Å². The highest BCUT2D eigenvalue weighted by molar-refractivity contribution is 5.92. The second kappa shape index (κ2) is 12.9. The normalized spacial score (nSPS) is 14.4. The number of piperidine rings is 1. The number of fused-ring (bicyclic) bond motifs is 1. The van der Waals surface area contributed by atoms with Crippen molar-refractivity contribution in [1.82, 2.24) is 15.2 Å². The Bertz CT molecular complexity index is 1360. The number of alkyl carbamates (subject to hydrolysis) is 1. The van der Waals surface area contributed by atoms with Gasteiger partial charge < -0.3 is 29.4 Å². The summed E-state index contributed by atoms with van der Waals surface area (Å²) in [5, 5.41) is 3.98. The number of aromatic amines is 1. The number of likely N-dealkylation sites (tertiary alicyclic amines) is 1. The fourth-order valence-electron chi connectivity index (χ4n) is 5.67. The SMILES string of the molecule is COc1ccc(-c2[nH]c3ccc(C4CCN(C(=O)CCCNC(=O)OC(C)(C)C)CC4)cc3c2C(C)C)cc1OC. The van der Waals surface area contributed by atoms with Gasteiger partial charge in [-0.05, 0) is 93.3 Å². The number of amides is 2. The number of carbonyl (C=O) groups is 2. The van der Waals surface area contributed by atoms with Crippen LogP contribution in [0.15, 0.2) is 36.4 Å². The van der Waals surface area contributed by atoms with Crippen LogP contribution in [0.2, 0.25) is 0 Å². The van der Waals surface area contributed by atoms with E-state index < -0.39 is 11.7 Å². The fourth-order valence-corrected chi connectivity index (χ4v) is 5.67. The number of aromatic nitrogens is 1. The Labute approximate surface area is 243 Å².